The van der Waals surface area contributed by atoms with Gasteiger partial charge in [-0.3, -0.25) is 0 Å². The summed E-state index contributed by atoms with van der Waals surface area (Å²) in [5, 5.41) is 0. The Morgan fingerprint density at radius 1 is 1.13 bits per heavy atom. The Labute approximate surface area is 95.5 Å². The lowest BCUT2D eigenvalue weighted by Crippen LogP contribution is -2.12. The summed E-state index contributed by atoms with van der Waals surface area (Å²) in [7, 11) is 0. The normalized spacial score (nSPS) is 29.0. The fourth-order valence-corrected chi connectivity index (χ4v) is 2.28. The van der Waals surface area contributed by atoms with Gasteiger partial charge in [0.15, 0.2) is 0 Å². The monoisotopic (exact) mass is 206 g/mol. The van der Waals surface area contributed by atoms with Gasteiger partial charge in [0.2, 0.25) is 0 Å². The highest BCUT2D eigenvalue weighted by molar-refractivity contribution is 5.14. The van der Waals surface area contributed by atoms with Crippen LogP contribution < -0.4 is 0 Å². The number of hydrogen-bond acceptors (Lipinski definition) is 0. The highest BCUT2D eigenvalue weighted by Crippen LogP contribution is 2.32. The maximum Gasteiger partial charge on any atom is -0.0203 e. The second kappa shape index (κ2) is 6.15. The molecule has 0 nitrogen and oxygen atoms in total. The van der Waals surface area contributed by atoms with Crippen molar-refractivity contribution in [1.82, 2.24) is 0 Å². The molecule has 0 heteroatoms. The average molecular weight is 206 g/mol. The van der Waals surface area contributed by atoms with E-state index in [0.29, 0.717) is 5.92 Å². The van der Waals surface area contributed by atoms with Gasteiger partial charge in [0.05, 0.1) is 0 Å². The Bertz CT molecular complexity index is 224. The van der Waals surface area contributed by atoms with E-state index in [-0.39, 0.29) is 0 Å². The Balaban J connectivity index is 2.42. The first-order valence-corrected chi connectivity index (χ1v) is 6.44. The third-order valence-corrected chi connectivity index (χ3v) is 3.51. The quantitative estimate of drug-likeness (QED) is 0.572. The molecular weight excluding hydrogens is 180 g/mol. The second-order valence-electron chi connectivity index (χ2n) is 5.50. The first-order chi connectivity index (χ1) is 7.09. The summed E-state index contributed by atoms with van der Waals surface area (Å²) in [6.45, 7) is 9.13. The molecule has 0 aliphatic heterocycles. The maximum absolute atomic E-state index is 2.38. The van der Waals surface area contributed by atoms with E-state index in [1.165, 1.54) is 25.7 Å². The topological polar surface area (TPSA) is 0 Å². The van der Waals surface area contributed by atoms with Crippen molar-refractivity contribution in [3.8, 4) is 0 Å². The van der Waals surface area contributed by atoms with E-state index in [1.807, 2.05) is 0 Å². The molecular formula is C15H26. The van der Waals surface area contributed by atoms with E-state index < -0.39 is 0 Å². The van der Waals surface area contributed by atoms with Gasteiger partial charge < -0.3 is 0 Å². The molecule has 86 valence electrons. The van der Waals surface area contributed by atoms with Crippen molar-refractivity contribution >= 4 is 0 Å². The van der Waals surface area contributed by atoms with Crippen molar-refractivity contribution in [3.63, 3.8) is 0 Å². The van der Waals surface area contributed by atoms with Crippen LogP contribution in [0.1, 0.15) is 53.4 Å². The van der Waals surface area contributed by atoms with Crippen LogP contribution in [0.5, 0.6) is 0 Å². The first-order valence-electron chi connectivity index (χ1n) is 6.44. The molecule has 0 atom stereocenters. The van der Waals surface area contributed by atoms with Gasteiger partial charge in [-0.2, -0.15) is 0 Å². The van der Waals surface area contributed by atoms with Crippen molar-refractivity contribution in [3.05, 3.63) is 23.8 Å². The van der Waals surface area contributed by atoms with Gasteiger partial charge in [0, 0.05) is 0 Å². The minimum absolute atomic E-state index is 0.667. The molecule has 1 rings (SSSR count). The second-order valence-corrected chi connectivity index (χ2v) is 5.50. The summed E-state index contributed by atoms with van der Waals surface area (Å²) in [6.07, 6.45) is 12.5. The highest BCUT2D eigenvalue weighted by atomic mass is 14.2. The maximum atomic E-state index is 2.38. The molecule has 1 aliphatic rings. The molecule has 0 bridgehead atoms. The molecule has 0 radical (unpaired) electrons. The molecule has 0 N–H and O–H groups in total. The third kappa shape index (κ3) is 4.68. The van der Waals surface area contributed by atoms with E-state index in [4.69, 9.17) is 0 Å². The molecule has 0 spiro atoms. The zero-order chi connectivity index (χ0) is 11.3. The zero-order valence-electron chi connectivity index (χ0n) is 10.8. The van der Waals surface area contributed by atoms with Gasteiger partial charge in [0.25, 0.3) is 0 Å². The predicted octanol–water partition coefficient (Wildman–Crippen LogP) is 4.97. The lowest BCUT2D eigenvalue weighted by atomic mass is 9.79. The molecule has 0 aromatic rings. The molecule has 0 saturated heterocycles. The first kappa shape index (κ1) is 12.5. The van der Waals surface area contributed by atoms with E-state index >= 15 is 0 Å². The highest BCUT2D eigenvalue weighted by Gasteiger charge is 2.18. The van der Waals surface area contributed by atoms with Gasteiger partial charge in [-0.1, -0.05) is 57.4 Å². The summed E-state index contributed by atoms with van der Waals surface area (Å²) in [5.74, 6) is 2.48. The van der Waals surface area contributed by atoms with Gasteiger partial charge in [-0.25, -0.2) is 0 Å². The summed E-state index contributed by atoms with van der Waals surface area (Å²) in [5.41, 5.74) is 1.58. The van der Waals surface area contributed by atoms with Crippen molar-refractivity contribution in [2.45, 2.75) is 53.4 Å². The SMILES string of the molecule is C/C(=C\C=C\C(C)C)C1CCC(C)CC1. The molecule has 0 unspecified atom stereocenters. The van der Waals surface area contributed by atoms with E-state index in [0.717, 1.165) is 11.8 Å². The van der Waals surface area contributed by atoms with E-state index in [2.05, 4.69) is 45.9 Å². The molecule has 0 heterocycles. The van der Waals surface area contributed by atoms with E-state index in [9.17, 15) is 0 Å². The van der Waals surface area contributed by atoms with Crippen molar-refractivity contribution in [2.24, 2.45) is 17.8 Å². The Hall–Kier alpha value is -0.520. The van der Waals surface area contributed by atoms with Crippen molar-refractivity contribution in [1.29, 1.82) is 0 Å². The zero-order valence-corrected chi connectivity index (χ0v) is 10.8. The minimum Gasteiger partial charge on any atom is -0.0820 e. The Morgan fingerprint density at radius 2 is 1.73 bits per heavy atom. The lowest BCUT2D eigenvalue weighted by molar-refractivity contribution is 0.320. The minimum atomic E-state index is 0.667. The molecule has 1 aliphatic carbocycles. The summed E-state index contributed by atoms with van der Waals surface area (Å²) in [4.78, 5) is 0. The summed E-state index contributed by atoms with van der Waals surface area (Å²) < 4.78 is 0. The van der Waals surface area contributed by atoms with Crippen molar-refractivity contribution in [2.75, 3.05) is 0 Å². The van der Waals surface area contributed by atoms with Gasteiger partial charge in [-0.15, -0.1) is 0 Å². The van der Waals surface area contributed by atoms with Crippen LogP contribution >= 0.6 is 0 Å². The van der Waals surface area contributed by atoms with Crippen LogP contribution in [-0.4, -0.2) is 0 Å². The van der Waals surface area contributed by atoms with Crippen LogP contribution in [-0.2, 0) is 0 Å². The van der Waals surface area contributed by atoms with Crippen LogP contribution in [0.15, 0.2) is 23.8 Å². The van der Waals surface area contributed by atoms with Crippen LogP contribution in [0.3, 0.4) is 0 Å². The van der Waals surface area contributed by atoms with Crippen molar-refractivity contribution < 1.29 is 0 Å². The van der Waals surface area contributed by atoms with Gasteiger partial charge in [0.1, 0.15) is 0 Å². The fraction of sp³-hybridized carbons (Fsp3) is 0.733. The van der Waals surface area contributed by atoms with Crippen LogP contribution in [0.4, 0.5) is 0 Å². The lowest BCUT2D eigenvalue weighted by Gasteiger charge is -2.26. The van der Waals surface area contributed by atoms with Crippen LogP contribution in [0.25, 0.3) is 0 Å². The number of rotatable bonds is 3. The third-order valence-electron chi connectivity index (χ3n) is 3.51. The molecule has 15 heavy (non-hydrogen) atoms. The Morgan fingerprint density at radius 3 is 2.27 bits per heavy atom. The summed E-state index contributed by atoms with van der Waals surface area (Å²) in [6, 6.07) is 0. The molecule has 1 saturated carbocycles. The number of hydrogen-bond donors (Lipinski definition) is 0. The molecule has 0 aromatic heterocycles. The predicted molar refractivity (Wildman–Crippen MR) is 68.9 cm³/mol. The number of allylic oxidation sites excluding steroid dienone is 4. The molecule has 1 fully saturated rings. The van der Waals surface area contributed by atoms with Crippen LogP contribution in [0.2, 0.25) is 0 Å². The fourth-order valence-electron chi connectivity index (χ4n) is 2.28. The summed E-state index contributed by atoms with van der Waals surface area (Å²) >= 11 is 0. The average Bonchev–Trinajstić information content (AvgIpc) is 2.18. The largest absolute Gasteiger partial charge is 0.0820 e. The van der Waals surface area contributed by atoms with Gasteiger partial charge >= 0.3 is 0 Å². The molecule has 0 aromatic carbocycles. The van der Waals surface area contributed by atoms with Crippen LogP contribution in [0, 0.1) is 17.8 Å². The van der Waals surface area contributed by atoms with E-state index in [1.54, 1.807) is 5.57 Å². The smallest absolute Gasteiger partial charge is 0.0203 e. The standard InChI is InChI=1S/C15H26/c1-12(2)6-5-7-14(4)15-10-8-13(3)9-11-15/h5-7,12-13,15H,8-11H2,1-4H3/b6-5+,14-7+. The molecule has 0 amide bonds. The van der Waals surface area contributed by atoms with Gasteiger partial charge in [-0.05, 0) is 37.5 Å². The Kier molecular flexibility index (Phi) is 5.14.